The molecule has 1 aliphatic heterocycles. The van der Waals surface area contributed by atoms with Gasteiger partial charge in [-0.2, -0.15) is 0 Å². The first kappa shape index (κ1) is 12.6. The van der Waals surface area contributed by atoms with Gasteiger partial charge in [0.05, 0.1) is 6.04 Å². The van der Waals surface area contributed by atoms with E-state index in [1.54, 1.807) is 6.92 Å². The van der Waals surface area contributed by atoms with E-state index in [4.69, 9.17) is 6.42 Å². The van der Waals surface area contributed by atoms with Crippen molar-refractivity contribution in [2.75, 3.05) is 0 Å². The molecular weight excluding hydrogens is 204 g/mol. The van der Waals surface area contributed by atoms with E-state index in [1.165, 1.54) is 4.90 Å². The number of carbonyl (C=O) groups excluding carboxylic acids is 2. The normalized spacial score (nSPS) is 27.2. The molecule has 4 nitrogen and oxygen atoms in total. The molecule has 0 spiro atoms. The van der Waals surface area contributed by atoms with Gasteiger partial charge in [0.1, 0.15) is 12.1 Å². The maximum absolute atomic E-state index is 12.1. The highest BCUT2D eigenvalue weighted by Gasteiger charge is 2.39. The van der Waals surface area contributed by atoms with Crippen LogP contribution in [0.15, 0.2) is 0 Å². The Balaban J connectivity index is 2.98. The van der Waals surface area contributed by atoms with Gasteiger partial charge >= 0.3 is 0 Å². The second kappa shape index (κ2) is 5.02. The molecule has 3 unspecified atom stereocenters. The monoisotopic (exact) mass is 222 g/mol. The van der Waals surface area contributed by atoms with E-state index in [0.717, 1.165) is 0 Å². The quantitative estimate of drug-likeness (QED) is 0.708. The van der Waals surface area contributed by atoms with E-state index in [0.29, 0.717) is 12.8 Å². The third-order valence-electron chi connectivity index (χ3n) is 2.99. The largest absolute Gasteiger partial charge is 0.343 e. The van der Waals surface area contributed by atoms with Gasteiger partial charge in [-0.1, -0.05) is 19.8 Å². The molecule has 0 aliphatic carbocycles. The lowest BCUT2D eigenvalue weighted by atomic mass is 10.0. The Morgan fingerprint density at radius 3 is 2.56 bits per heavy atom. The Labute approximate surface area is 96.4 Å². The van der Waals surface area contributed by atoms with Gasteiger partial charge in [0.2, 0.25) is 11.8 Å². The van der Waals surface area contributed by atoms with Crippen molar-refractivity contribution in [3.8, 4) is 12.3 Å². The smallest absolute Gasteiger partial charge is 0.246 e. The predicted octanol–water partition coefficient (Wildman–Crippen LogP) is 0.524. The summed E-state index contributed by atoms with van der Waals surface area (Å²) in [6.45, 7) is 5.49. The number of hydrogen-bond donors (Lipinski definition) is 1. The molecule has 0 radical (unpaired) electrons. The number of carbonyl (C=O) groups is 2. The van der Waals surface area contributed by atoms with Crippen molar-refractivity contribution in [2.45, 2.75) is 51.7 Å². The van der Waals surface area contributed by atoms with E-state index in [9.17, 15) is 9.59 Å². The van der Waals surface area contributed by atoms with E-state index < -0.39 is 12.1 Å². The first-order valence-electron chi connectivity index (χ1n) is 5.65. The molecule has 1 aliphatic rings. The summed E-state index contributed by atoms with van der Waals surface area (Å²) in [4.78, 5) is 25.3. The molecule has 16 heavy (non-hydrogen) atoms. The lowest BCUT2D eigenvalue weighted by Crippen LogP contribution is -2.64. The van der Waals surface area contributed by atoms with Crippen molar-refractivity contribution in [1.82, 2.24) is 10.2 Å². The summed E-state index contributed by atoms with van der Waals surface area (Å²) < 4.78 is 0. The Morgan fingerprint density at radius 1 is 1.50 bits per heavy atom. The fourth-order valence-corrected chi connectivity index (χ4v) is 1.95. The van der Waals surface area contributed by atoms with Crippen LogP contribution < -0.4 is 5.32 Å². The van der Waals surface area contributed by atoms with Crippen LogP contribution in [0.1, 0.15) is 33.6 Å². The average molecular weight is 222 g/mol. The molecule has 1 fully saturated rings. The Hall–Kier alpha value is -1.50. The first-order valence-corrected chi connectivity index (χ1v) is 5.65. The molecule has 2 amide bonds. The van der Waals surface area contributed by atoms with Gasteiger partial charge in [-0.25, -0.2) is 0 Å². The lowest BCUT2D eigenvalue weighted by molar-refractivity contribution is -0.150. The summed E-state index contributed by atoms with van der Waals surface area (Å²) in [6, 6.07) is -1.19. The van der Waals surface area contributed by atoms with Crippen LogP contribution >= 0.6 is 0 Å². The molecular formula is C12H18N2O2. The second-order valence-corrected chi connectivity index (χ2v) is 3.98. The minimum atomic E-state index is -0.476. The number of amides is 2. The number of terminal acetylenes is 1. The van der Waals surface area contributed by atoms with Crippen molar-refractivity contribution in [3.05, 3.63) is 0 Å². The highest BCUT2D eigenvalue weighted by molar-refractivity contribution is 5.97. The van der Waals surface area contributed by atoms with Crippen molar-refractivity contribution in [3.63, 3.8) is 0 Å². The molecule has 0 aromatic carbocycles. The molecule has 0 aromatic rings. The minimum absolute atomic E-state index is 0.0700. The van der Waals surface area contributed by atoms with E-state index in [2.05, 4.69) is 11.2 Å². The van der Waals surface area contributed by atoms with Crippen LogP contribution in [0, 0.1) is 12.3 Å². The molecule has 0 bridgehead atoms. The fraction of sp³-hybridized carbons (Fsp3) is 0.667. The van der Waals surface area contributed by atoms with Crippen LogP contribution in [0.5, 0.6) is 0 Å². The molecule has 1 rings (SSSR count). The fourth-order valence-electron chi connectivity index (χ4n) is 1.95. The maximum Gasteiger partial charge on any atom is 0.246 e. The van der Waals surface area contributed by atoms with Crippen molar-refractivity contribution in [2.24, 2.45) is 0 Å². The van der Waals surface area contributed by atoms with Crippen LogP contribution in [0.4, 0.5) is 0 Å². The highest BCUT2D eigenvalue weighted by atomic mass is 16.2. The van der Waals surface area contributed by atoms with E-state index in [-0.39, 0.29) is 17.9 Å². The van der Waals surface area contributed by atoms with Crippen molar-refractivity contribution < 1.29 is 9.59 Å². The van der Waals surface area contributed by atoms with Crippen LogP contribution in [-0.4, -0.2) is 34.8 Å². The maximum atomic E-state index is 12.1. The SMILES string of the molecule is C#CC(CC)N1C(=O)C(CC)NC(=O)C1C. The van der Waals surface area contributed by atoms with Crippen LogP contribution in [-0.2, 0) is 9.59 Å². The molecule has 0 saturated carbocycles. The van der Waals surface area contributed by atoms with Gasteiger partial charge in [0, 0.05) is 0 Å². The Morgan fingerprint density at radius 2 is 2.12 bits per heavy atom. The Bertz CT molecular complexity index is 332. The predicted molar refractivity (Wildman–Crippen MR) is 61.4 cm³/mol. The molecule has 3 atom stereocenters. The van der Waals surface area contributed by atoms with Crippen molar-refractivity contribution in [1.29, 1.82) is 0 Å². The summed E-state index contributed by atoms with van der Waals surface area (Å²) >= 11 is 0. The zero-order valence-electron chi connectivity index (χ0n) is 9.99. The number of nitrogens with zero attached hydrogens (tertiary/aromatic N) is 1. The number of rotatable bonds is 3. The molecule has 1 saturated heterocycles. The second-order valence-electron chi connectivity index (χ2n) is 3.98. The third-order valence-corrected chi connectivity index (χ3v) is 2.99. The van der Waals surface area contributed by atoms with Gasteiger partial charge in [0.25, 0.3) is 0 Å². The van der Waals surface area contributed by atoms with Gasteiger partial charge in [0.15, 0.2) is 0 Å². The van der Waals surface area contributed by atoms with Crippen LogP contribution in [0.3, 0.4) is 0 Å². The van der Waals surface area contributed by atoms with Crippen LogP contribution in [0.2, 0.25) is 0 Å². The Kier molecular flexibility index (Phi) is 3.94. The lowest BCUT2D eigenvalue weighted by Gasteiger charge is -2.39. The van der Waals surface area contributed by atoms with Gasteiger partial charge in [-0.05, 0) is 19.8 Å². The van der Waals surface area contributed by atoms with Gasteiger partial charge < -0.3 is 10.2 Å². The zero-order valence-corrected chi connectivity index (χ0v) is 9.99. The molecule has 88 valence electrons. The molecule has 4 heteroatoms. The third kappa shape index (κ3) is 2.04. The van der Waals surface area contributed by atoms with Gasteiger partial charge in [-0.3, -0.25) is 9.59 Å². The van der Waals surface area contributed by atoms with Crippen molar-refractivity contribution >= 4 is 11.8 Å². The van der Waals surface area contributed by atoms with E-state index >= 15 is 0 Å². The number of piperazine rings is 1. The summed E-state index contributed by atoms with van der Waals surface area (Å²) in [5.41, 5.74) is 0. The van der Waals surface area contributed by atoms with Crippen LogP contribution in [0.25, 0.3) is 0 Å². The topological polar surface area (TPSA) is 49.4 Å². The minimum Gasteiger partial charge on any atom is -0.343 e. The number of hydrogen-bond acceptors (Lipinski definition) is 2. The summed E-state index contributed by atoms with van der Waals surface area (Å²) in [5.74, 6) is 2.38. The first-order chi connectivity index (χ1) is 7.56. The van der Waals surface area contributed by atoms with E-state index in [1.807, 2.05) is 13.8 Å². The number of nitrogens with one attached hydrogen (secondary N) is 1. The molecule has 1 heterocycles. The summed E-state index contributed by atoms with van der Waals surface area (Å²) in [6.07, 6.45) is 6.65. The summed E-state index contributed by atoms with van der Waals surface area (Å²) in [5, 5.41) is 2.70. The van der Waals surface area contributed by atoms with Gasteiger partial charge in [-0.15, -0.1) is 6.42 Å². The highest BCUT2D eigenvalue weighted by Crippen LogP contribution is 2.16. The summed E-state index contributed by atoms with van der Waals surface area (Å²) in [7, 11) is 0. The molecule has 1 N–H and O–H groups in total. The average Bonchev–Trinajstić information content (AvgIpc) is 2.29. The molecule has 0 aromatic heterocycles. The zero-order chi connectivity index (χ0) is 12.3. The standard InChI is InChI=1S/C12H18N2O2/c1-5-9(6-2)14-8(4)11(15)13-10(7-3)12(14)16/h1,8-10H,6-7H2,2-4H3,(H,13,15).